The second kappa shape index (κ2) is 8.20. The monoisotopic (exact) mass is 402 g/mol. The van der Waals surface area contributed by atoms with Gasteiger partial charge in [0.05, 0.1) is 22.9 Å². The van der Waals surface area contributed by atoms with Crippen LogP contribution in [0.15, 0.2) is 83.6 Å². The molecular formula is C22H18N4O2S. The van der Waals surface area contributed by atoms with Crippen molar-refractivity contribution in [2.75, 3.05) is 11.4 Å². The van der Waals surface area contributed by atoms with Crippen molar-refractivity contribution in [3.8, 4) is 11.3 Å². The summed E-state index contributed by atoms with van der Waals surface area (Å²) in [5, 5.41) is 2.49. The number of fused-ring (bicyclic) bond motifs is 1. The van der Waals surface area contributed by atoms with Crippen LogP contribution < -0.4 is 10.5 Å². The average Bonchev–Trinajstić information content (AvgIpc) is 3.24. The van der Waals surface area contributed by atoms with E-state index in [2.05, 4.69) is 16.5 Å². The van der Waals surface area contributed by atoms with Crippen LogP contribution in [-0.4, -0.2) is 27.0 Å². The lowest BCUT2D eigenvalue weighted by atomic mass is 10.2. The molecule has 144 valence electrons. The number of para-hydroxylation sites is 2. The molecule has 0 fully saturated rings. The number of carbonyl (C=O) groups excluding carboxylic acids is 1. The van der Waals surface area contributed by atoms with Gasteiger partial charge in [-0.2, -0.15) is 0 Å². The minimum Gasteiger partial charge on any atom is -0.296 e. The Hall–Kier alpha value is -3.58. The van der Waals surface area contributed by atoms with Crippen molar-refractivity contribution >= 4 is 33.4 Å². The van der Waals surface area contributed by atoms with E-state index in [0.29, 0.717) is 22.7 Å². The topological polar surface area (TPSA) is 68.1 Å². The molecule has 4 aromatic rings. The maximum atomic E-state index is 13.1. The number of amides is 1. The summed E-state index contributed by atoms with van der Waals surface area (Å²) in [7, 11) is 0. The molecule has 0 aliphatic carbocycles. The molecule has 7 heteroatoms. The van der Waals surface area contributed by atoms with Crippen LogP contribution in [0, 0.1) is 0 Å². The molecule has 0 bridgehead atoms. The number of carbonyl (C=O) groups is 1. The summed E-state index contributed by atoms with van der Waals surface area (Å²) in [5.74, 6) is -0.239. The summed E-state index contributed by atoms with van der Waals surface area (Å²) in [4.78, 5) is 35.8. The Kier molecular flexibility index (Phi) is 5.31. The zero-order chi connectivity index (χ0) is 20.2. The van der Waals surface area contributed by atoms with E-state index in [1.54, 1.807) is 17.0 Å². The first-order valence-corrected chi connectivity index (χ1v) is 9.92. The van der Waals surface area contributed by atoms with E-state index >= 15 is 0 Å². The molecule has 0 N–H and O–H groups in total. The van der Waals surface area contributed by atoms with Crippen LogP contribution in [0.4, 0.5) is 5.13 Å². The van der Waals surface area contributed by atoms with Crippen LogP contribution in [0.2, 0.25) is 0 Å². The molecule has 0 atom stereocenters. The lowest BCUT2D eigenvalue weighted by Crippen LogP contribution is -2.36. The number of hydrogen-bond acceptors (Lipinski definition) is 5. The van der Waals surface area contributed by atoms with Crippen LogP contribution in [0.3, 0.4) is 0 Å². The second-order valence-electron chi connectivity index (χ2n) is 6.35. The quantitative estimate of drug-likeness (QED) is 0.461. The van der Waals surface area contributed by atoms with Crippen molar-refractivity contribution < 1.29 is 4.79 Å². The van der Waals surface area contributed by atoms with Gasteiger partial charge in [-0.25, -0.2) is 9.97 Å². The Morgan fingerprint density at radius 2 is 1.90 bits per heavy atom. The molecule has 0 aliphatic heterocycles. The third kappa shape index (κ3) is 3.86. The van der Waals surface area contributed by atoms with Gasteiger partial charge < -0.3 is 0 Å². The standard InChI is InChI=1S/C22H18N4O2S/c1-2-12-25(22-24-18(15-29-22)16-8-4-3-5-9-16)21(28)14-26-19-11-7-6-10-17(19)23-13-20(26)27/h2-11,13,15H,1,12,14H2. The Bertz CT molecular complexity index is 1230. The van der Waals surface area contributed by atoms with Crippen LogP contribution in [0.25, 0.3) is 22.3 Å². The van der Waals surface area contributed by atoms with Crippen molar-refractivity contribution in [3.05, 3.63) is 89.2 Å². The van der Waals surface area contributed by atoms with Gasteiger partial charge >= 0.3 is 0 Å². The van der Waals surface area contributed by atoms with Gasteiger partial charge in [0.25, 0.3) is 5.56 Å². The SMILES string of the molecule is C=CCN(C(=O)Cn1c(=O)cnc2ccccc21)c1nc(-c2ccccc2)cs1. The van der Waals surface area contributed by atoms with Crippen molar-refractivity contribution in [2.24, 2.45) is 0 Å². The maximum Gasteiger partial charge on any atom is 0.269 e. The molecule has 2 aromatic heterocycles. The zero-order valence-corrected chi connectivity index (χ0v) is 16.4. The summed E-state index contributed by atoms with van der Waals surface area (Å²) in [6.07, 6.45) is 2.89. The Morgan fingerprint density at radius 1 is 1.14 bits per heavy atom. The fourth-order valence-electron chi connectivity index (χ4n) is 3.04. The molecule has 1 amide bonds. The van der Waals surface area contributed by atoms with Gasteiger partial charge in [-0.3, -0.25) is 19.1 Å². The molecule has 2 aromatic carbocycles. The van der Waals surface area contributed by atoms with Gasteiger partial charge in [-0.15, -0.1) is 17.9 Å². The molecule has 6 nitrogen and oxygen atoms in total. The van der Waals surface area contributed by atoms with E-state index in [9.17, 15) is 9.59 Å². The number of thiazole rings is 1. The largest absolute Gasteiger partial charge is 0.296 e. The van der Waals surface area contributed by atoms with Crippen molar-refractivity contribution in [1.82, 2.24) is 14.5 Å². The predicted molar refractivity (Wildman–Crippen MR) is 116 cm³/mol. The van der Waals surface area contributed by atoms with Gasteiger partial charge in [0.15, 0.2) is 5.13 Å². The van der Waals surface area contributed by atoms with Crippen LogP contribution >= 0.6 is 11.3 Å². The zero-order valence-electron chi connectivity index (χ0n) is 15.6. The lowest BCUT2D eigenvalue weighted by Gasteiger charge is -2.19. The van der Waals surface area contributed by atoms with Crippen molar-refractivity contribution in [3.63, 3.8) is 0 Å². The number of rotatable bonds is 6. The molecule has 29 heavy (non-hydrogen) atoms. The fraction of sp³-hybridized carbons (Fsp3) is 0.0909. The molecule has 0 saturated heterocycles. The third-order valence-corrected chi connectivity index (χ3v) is 5.31. The van der Waals surface area contributed by atoms with Crippen molar-refractivity contribution in [2.45, 2.75) is 6.54 Å². The van der Waals surface area contributed by atoms with E-state index < -0.39 is 0 Å². The highest BCUT2D eigenvalue weighted by Gasteiger charge is 2.20. The summed E-state index contributed by atoms with van der Waals surface area (Å²) >= 11 is 1.39. The number of hydrogen-bond donors (Lipinski definition) is 0. The molecule has 0 aliphatic rings. The summed E-state index contributed by atoms with van der Waals surface area (Å²) < 4.78 is 1.44. The van der Waals surface area contributed by atoms with Gasteiger partial charge in [-0.1, -0.05) is 48.5 Å². The first-order valence-electron chi connectivity index (χ1n) is 9.04. The van der Waals surface area contributed by atoms with E-state index in [0.717, 1.165) is 11.3 Å². The minimum absolute atomic E-state index is 0.101. The minimum atomic E-state index is -0.320. The third-order valence-electron chi connectivity index (χ3n) is 4.45. The van der Waals surface area contributed by atoms with Gasteiger partial charge in [0.2, 0.25) is 5.91 Å². The predicted octanol–water partition coefficient (Wildman–Crippen LogP) is 3.74. The fourth-order valence-corrected chi connectivity index (χ4v) is 3.90. The smallest absolute Gasteiger partial charge is 0.269 e. The summed E-state index contributed by atoms with van der Waals surface area (Å²) in [6, 6.07) is 17.0. The Morgan fingerprint density at radius 3 is 2.69 bits per heavy atom. The van der Waals surface area contributed by atoms with Crippen LogP contribution in [0.5, 0.6) is 0 Å². The van der Waals surface area contributed by atoms with E-state index in [1.165, 1.54) is 22.1 Å². The van der Waals surface area contributed by atoms with E-state index in [4.69, 9.17) is 0 Å². The average molecular weight is 402 g/mol. The first kappa shape index (κ1) is 18.8. The molecule has 0 radical (unpaired) electrons. The molecule has 0 unspecified atom stereocenters. The first-order chi connectivity index (χ1) is 14.2. The maximum absolute atomic E-state index is 13.1. The van der Waals surface area contributed by atoms with E-state index in [-0.39, 0.29) is 18.0 Å². The molecular weight excluding hydrogens is 384 g/mol. The highest BCUT2D eigenvalue weighted by atomic mass is 32.1. The molecule has 2 heterocycles. The van der Waals surface area contributed by atoms with Gasteiger partial charge in [0, 0.05) is 17.5 Å². The number of aromatic nitrogens is 3. The highest BCUT2D eigenvalue weighted by Crippen LogP contribution is 2.27. The number of benzene rings is 2. The normalized spacial score (nSPS) is 10.8. The molecule has 0 saturated carbocycles. The Labute approximate surface area is 171 Å². The summed E-state index contributed by atoms with van der Waals surface area (Å²) in [6.45, 7) is 3.95. The second-order valence-corrected chi connectivity index (χ2v) is 7.18. The van der Waals surface area contributed by atoms with Gasteiger partial charge in [-0.05, 0) is 12.1 Å². The van der Waals surface area contributed by atoms with Crippen LogP contribution in [-0.2, 0) is 11.3 Å². The molecule has 0 spiro atoms. The lowest BCUT2D eigenvalue weighted by molar-refractivity contribution is -0.119. The Balaban J connectivity index is 1.66. The van der Waals surface area contributed by atoms with Crippen molar-refractivity contribution in [1.29, 1.82) is 0 Å². The van der Waals surface area contributed by atoms with Crippen LogP contribution in [0.1, 0.15) is 0 Å². The van der Waals surface area contributed by atoms with Gasteiger partial charge in [0.1, 0.15) is 6.54 Å². The number of nitrogens with zero attached hydrogens (tertiary/aromatic N) is 4. The number of anilines is 1. The van der Waals surface area contributed by atoms with E-state index in [1.807, 2.05) is 53.9 Å². The summed E-state index contributed by atoms with van der Waals surface area (Å²) in [5.41, 5.74) is 2.75. The molecule has 4 rings (SSSR count). The highest BCUT2D eigenvalue weighted by molar-refractivity contribution is 7.14.